The number of pyridine rings is 1. The molecule has 0 atom stereocenters. The Kier molecular flexibility index (Phi) is 3.63. The molecule has 1 aromatic heterocycles. The van der Waals surface area contributed by atoms with Crippen LogP contribution in [0.2, 0.25) is 0 Å². The van der Waals surface area contributed by atoms with E-state index in [4.69, 9.17) is 5.11 Å². The lowest BCUT2D eigenvalue weighted by Crippen LogP contribution is -2.17. The van der Waals surface area contributed by atoms with Crippen LogP contribution in [-0.2, 0) is 6.18 Å². The molecular weight excluding hydrogens is 323 g/mol. The number of hydrogen-bond acceptors (Lipinski definition) is 2. The summed E-state index contributed by atoms with van der Waals surface area (Å²) in [6.07, 6.45) is -4.46. The maximum absolute atomic E-state index is 12.7. The van der Waals surface area contributed by atoms with E-state index in [-0.39, 0.29) is 11.3 Å². The van der Waals surface area contributed by atoms with Gasteiger partial charge in [-0.05, 0) is 53.9 Å². The van der Waals surface area contributed by atoms with Crippen molar-refractivity contribution in [1.82, 2.24) is 4.57 Å². The number of carboxylic acid groups (broad SMARTS) is 1. The third kappa shape index (κ3) is 2.76. The van der Waals surface area contributed by atoms with Crippen molar-refractivity contribution >= 4 is 16.9 Å². The molecule has 0 fully saturated rings. The zero-order valence-corrected chi connectivity index (χ0v) is 12.0. The summed E-state index contributed by atoms with van der Waals surface area (Å²) < 4.78 is 39.2. The fourth-order valence-corrected chi connectivity index (χ4v) is 2.44. The molecule has 3 aromatic rings. The number of hydrogen-bond donors (Lipinski definition) is 1. The van der Waals surface area contributed by atoms with E-state index in [1.807, 2.05) is 0 Å². The highest BCUT2D eigenvalue weighted by atomic mass is 19.4. The first kappa shape index (κ1) is 15.8. The summed E-state index contributed by atoms with van der Waals surface area (Å²) in [5.74, 6) is -1.11. The summed E-state index contributed by atoms with van der Waals surface area (Å²) >= 11 is 0. The van der Waals surface area contributed by atoms with Gasteiger partial charge < -0.3 is 5.11 Å². The lowest BCUT2D eigenvalue weighted by atomic mass is 10.1. The molecule has 0 aliphatic carbocycles. The molecule has 3 rings (SSSR count). The van der Waals surface area contributed by atoms with E-state index in [1.54, 1.807) is 0 Å². The van der Waals surface area contributed by atoms with Gasteiger partial charge in [-0.3, -0.25) is 9.36 Å². The molecule has 0 unspecified atom stereocenters. The molecular formula is C17H10F3NO3. The molecule has 0 aliphatic heterocycles. The van der Waals surface area contributed by atoms with Crippen LogP contribution in [0.25, 0.3) is 16.6 Å². The average Bonchev–Trinajstić information content (AvgIpc) is 2.53. The van der Waals surface area contributed by atoms with E-state index in [1.165, 1.54) is 47.0 Å². The monoisotopic (exact) mass is 333 g/mol. The molecule has 0 radical (unpaired) electrons. The Morgan fingerprint density at radius 2 is 1.62 bits per heavy atom. The van der Waals surface area contributed by atoms with Gasteiger partial charge in [0.05, 0.1) is 16.6 Å². The van der Waals surface area contributed by atoms with Crippen LogP contribution in [0.4, 0.5) is 13.2 Å². The number of carboxylic acids is 1. The van der Waals surface area contributed by atoms with E-state index in [2.05, 4.69) is 0 Å². The molecule has 122 valence electrons. The first-order chi connectivity index (χ1) is 11.3. The number of carbonyl (C=O) groups is 1. The van der Waals surface area contributed by atoms with Crippen molar-refractivity contribution in [2.45, 2.75) is 6.18 Å². The third-order valence-corrected chi connectivity index (χ3v) is 3.59. The molecule has 7 heteroatoms. The molecule has 0 spiro atoms. The van der Waals surface area contributed by atoms with Crippen molar-refractivity contribution < 1.29 is 23.1 Å². The minimum absolute atomic E-state index is 0.0557. The number of halogens is 3. The number of fused-ring (bicyclic) bond motifs is 1. The summed E-state index contributed by atoms with van der Waals surface area (Å²) in [6.45, 7) is 0. The average molecular weight is 333 g/mol. The highest BCUT2D eigenvalue weighted by Gasteiger charge is 2.30. The molecule has 4 nitrogen and oxygen atoms in total. The van der Waals surface area contributed by atoms with Crippen molar-refractivity contribution in [1.29, 1.82) is 0 Å². The Bertz CT molecular complexity index is 989. The summed E-state index contributed by atoms with van der Waals surface area (Å²) in [4.78, 5) is 23.2. The standard InChI is InChI=1S/C17H10F3NO3/c18-17(19,20)12-3-5-13(6-4-12)21-14-7-1-11(16(23)24)9-10(14)2-8-15(21)22/h1-9H,(H,23,24). The summed E-state index contributed by atoms with van der Waals surface area (Å²) in [5, 5.41) is 9.51. The smallest absolute Gasteiger partial charge is 0.416 e. The minimum atomic E-state index is -4.46. The second-order valence-electron chi connectivity index (χ2n) is 5.13. The molecule has 1 N–H and O–H groups in total. The molecule has 0 bridgehead atoms. The minimum Gasteiger partial charge on any atom is -0.478 e. The van der Waals surface area contributed by atoms with Crippen molar-refractivity contribution in [3.8, 4) is 5.69 Å². The van der Waals surface area contributed by atoms with Crippen molar-refractivity contribution in [2.24, 2.45) is 0 Å². The molecule has 1 heterocycles. The normalized spacial score (nSPS) is 11.6. The van der Waals surface area contributed by atoms with Gasteiger partial charge in [0, 0.05) is 11.8 Å². The Hall–Kier alpha value is -3.09. The maximum atomic E-state index is 12.7. The SMILES string of the molecule is O=C(O)c1ccc2c(ccc(=O)n2-c2ccc(C(F)(F)F)cc2)c1. The number of aromatic nitrogens is 1. The zero-order valence-electron chi connectivity index (χ0n) is 12.0. The Labute approximate surface area is 133 Å². The van der Waals surface area contributed by atoms with Crippen LogP contribution in [0.5, 0.6) is 0 Å². The molecule has 2 aromatic carbocycles. The predicted molar refractivity (Wildman–Crippen MR) is 81.5 cm³/mol. The van der Waals surface area contributed by atoms with Crippen LogP contribution in [-0.4, -0.2) is 15.6 Å². The van der Waals surface area contributed by atoms with Crippen LogP contribution < -0.4 is 5.56 Å². The summed E-state index contributed by atoms with van der Waals surface area (Å²) in [6, 6.07) is 11.1. The largest absolute Gasteiger partial charge is 0.478 e. The molecule has 0 saturated carbocycles. The van der Waals surface area contributed by atoms with Gasteiger partial charge in [0.25, 0.3) is 5.56 Å². The predicted octanol–water partition coefficient (Wildman–Crippen LogP) is 3.71. The Morgan fingerprint density at radius 1 is 0.958 bits per heavy atom. The summed E-state index contributed by atoms with van der Waals surface area (Å²) in [7, 11) is 0. The molecule has 0 amide bonds. The number of nitrogens with zero attached hydrogens (tertiary/aromatic N) is 1. The van der Waals surface area contributed by atoms with Gasteiger partial charge in [0.2, 0.25) is 0 Å². The number of benzene rings is 2. The van der Waals surface area contributed by atoms with E-state index >= 15 is 0 Å². The van der Waals surface area contributed by atoms with Crippen molar-refractivity contribution in [3.63, 3.8) is 0 Å². The van der Waals surface area contributed by atoms with E-state index in [0.29, 0.717) is 10.9 Å². The van der Waals surface area contributed by atoms with Crippen LogP contribution >= 0.6 is 0 Å². The lowest BCUT2D eigenvalue weighted by Gasteiger charge is -2.12. The van der Waals surface area contributed by atoms with Crippen LogP contribution in [0.15, 0.2) is 59.4 Å². The molecule has 24 heavy (non-hydrogen) atoms. The van der Waals surface area contributed by atoms with Gasteiger partial charge in [-0.2, -0.15) is 13.2 Å². The zero-order chi connectivity index (χ0) is 17.5. The lowest BCUT2D eigenvalue weighted by molar-refractivity contribution is -0.137. The van der Waals surface area contributed by atoms with E-state index < -0.39 is 23.3 Å². The first-order valence-electron chi connectivity index (χ1n) is 6.84. The maximum Gasteiger partial charge on any atom is 0.416 e. The van der Waals surface area contributed by atoms with Crippen LogP contribution in [0.3, 0.4) is 0 Å². The Balaban J connectivity index is 2.20. The third-order valence-electron chi connectivity index (χ3n) is 3.59. The number of aromatic carboxylic acids is 1. The number of rotatable bonds is 2. The van der Waals surface area contributed by atoms with Gasteiger partial charge in [0.1, 0.15) is 0 Å². The van der Waals surface area contributed by atoms with Crippen LogP contribution in [0, 0.1) is 0 Å². The number of alkyl halides is 3. The second-order valence-corrected chi connectivity index (χ2v) is 5.13. The second kappa shape index (κ2) is 5.52. The van der Waals surface area contributed by atoms with Gasteiger partial charge in [0.15, 0.2) is 0 Å². The van der Waals surface area contributed by atoms with Crippen LogP contribution in [0.1, 0.15) is 15.9 Å². The van der Waals surface area contributed by atoms with E-state index in [0.717, 1.165) is 12.1 Å². The quantitative estimate of drug-likeness (QED) is 0.778. The van der Waals surface area contributed by atoms with Gasteiger partial charge in [-0.15, -0.1) is 0 Å². The van der Waals surface area contributed by atoms with Gasteiger partial charge in [-0.1, -0.05) is 0 Å². The topological polar surface area (TPSA) is 59.3 Å². The molecule has 0 saturated heterocycles. The highest BCUT2D eigenvalue weighted by molar-refractivity contribution is 5.93. The molecule has 0 aliphatic rings. The first-order valence-corrected chi connectivity index (χ1v) is 6.84. The Morgan fingerprint density at radius 3 is 2.21 bits per heavy atom. The highest BCUT2D eigenvalue weighted by Crippen LogP contribution is 2.29. The summed E-state index contributed by atoms with van der Waals surface area (Å²) in [5.41, 5.74) is -0.507. The van der Waals surface area contributed by atoms with E-state index in [9.17, 15) is 22.8 Å². The fraction of sp³-hybridized carbons (Fsp3) is 0.0588. The van der Waals surface area contributed by atoms with Gasteiger partial charge >= 0.3 is 12.1 Å². The fourth-order valence-electron chi connectivity index (χ4n) is 2.44. The van der Waals surface area contributed by atoms with Gasteiger partial charge in [-0.25, -0.2) is 4.79 Å². The van der Waals surface area contributed by atoms with Crippen molar-refractivity contribution in [3.05, 3.63) is 76.1 Å². The van der Waals surface area contributed by atoms with Crippen molar-refractivity contribution in [2.75, 3.05) is 0 Å².